The van der Waals surface area contributed by atoms with Crippen LogP contribution in [0.1, 0.15) is 109 Å². The molecule has 0 radical (unpaired) electrons. The van der Waals surface area contributed by atoms with Crippen molar-refractivity contribution in [3.63, 3.8) is 0 Å². The van der Waals surface area contributed by atoms with Gasteiger partial charge in [0.25, 0.3) is 11.8 Å². The highest BCUT2D eigenvalue weighted by Gasteiger charge is 2.40. The Kier molecular flexibility index (Phi) is 26.8. The first-order valence-electron chi connectivity index (χ1n) is 36.1. The Labute approximate surface area is 599 Å². The molecular formula is C78H107N10O12P. The molecule has 5 aromatic rings. The van der Waals surface area contributed by atoms with Crippen LogP contribution in [0.15, 0.2) is 103 Å². The molecule has 0 saturated carbocycles. The van der Waals surface area contributed by atoms with E-state index in [1.165, 1.54) is 0 Å². The third-order valence-electron chi connectivity index (χ3n) is 21.5. The van der Waals surface area contributed by atoms with Gasteiger partial charge >= 0.3 is 24.2 Å². The zero-order chi connectivity index (χ0) is 68.9. The van der Waals surface area contributed by atoms with Gasteiger partial charge in [-0.25, -0.2) is 19.2 Å². The van der Waals surface area contributed by atoms with E-state index in [4.69, 9.17) is 23.7 Å². The number of amides is 8. The van der Waals surface area contributed by atoms with E-state index in [0.29, 0.717) is 110 Å². The second kappa shape index (κ2) is 35.7. The SMILES string of the molecule is C.Cc1cc(C[C@@H](OC(=O)N2CCC(N3CCc4ccccc4NC3=O)CC2)C(=O)N2CCC(N3CCOCC3)CC2)cc(C)c1O.Cc1cc(C[C@@H](OC(=O)N2CCC(N3CCc4ccccc4NC3=O)CC2)C(=O)N2CCC(N3CCOCC3)CC2)cc(C)c1OCc1ccccc1.P. The van der Waals surface area contributed by atoms with E-state index < -0.39 is 24.4 Å². The molecule has 6 fully saturated rings. The Morgan fingerprint density at radius 1 is 0.465 bits per heavy atom. The summed E-state index contributed by atoms with van der Waals surface area (Å²) in [6.45, 7) is 20.4. The largest absolute Gasteiger partial charge is 0.507 e. The zero-order valence-electron chi connectivity index (χ0n) is 58.9. The summed E-state index contributed by atoms with van der Waals surface area (Å²) in [5.74, 6) is 0.744. The molecule has 0 bridgehead atoms. The number of nitrogens with one attached hydrogen (secondary N) is 2. The first-order valence-corrected chi connectivity index (χ1v) is 36.1. The normalized spacial score (nSPS) is 19.8. The van der Waals surface area contributed by atoms with Crippen molar-refractivity contribution in [1.29, 1.82) is 0 Å². The van der Waals surface area contributed by atoms with E-state index in [0.717, 1.165) is 158 Å². The lowest BCUT2D eigenvalue weighted by Crippen LogP contribution is -2.53. The number of phenolic OH excluding ortho intramolecular Hbond substituents is 1. The van der Waals surface area contributed by atoms with Crippen molar-refractivity contribution in [3.05, 3.63) is 153 Å². The molecule has 13 rings (SSSR count). The van der Waals surface area contributed by atoms with E-state index in [2.05, 4.69) is 26.5 Å². The molecule has 8 aliphatic rings. The van der Waals surface area contributed by atoms with Gasteiger partial charge in [-0.15, -0.1) is 0 Å². The molecule has 3 N–H and O–H groups in total. The van der Waals surface area contributed by atoms with Crippen LogP contribution in [0.5, 0.6) is 11.5 Å². The summed E-state index contributed by atoms with van der Waals surface area (Å²) in [4.78, 5) is 97.6. The minimum atomic E-state index is -0.969. The molecule has 5 aromatic carbocycles. The fourth-order valence-corrected chi connectivity index (χ4v) is 15.8. The molecule has 6 saturated heterocycles. The van der Waals surface area contributed by atoms with Crippen molar-refractivity contribution < 1.29 is 57.6 Å². The quantitative estimate of drug-likeness (QED) is 0.0831. The lowest BCUT2D eigenvalue weighted by Gasteiger charge is -2.41. The maximum absolute atomic E-state index is 14.2. The lowest BCUT2D eigenvalue weighted by molar-refractivity contribution is -0.143. The summed E-state index contributed by atoms with van der Waals surface area (Å²) in [5.41, 5.74) is 10.2. The molecule has 546 valence electrons. The average molecular weight is 1410 g/mol. The number of aromatic hydroxyl groups is 1. The third kappa shape index (κ3) is 19.2. The van der Waals surface area contributed by atoms with Crippen LogP contribution in [0.25, 0.3) is 0 Å². The molecule has 0 spiro atoms. The van der Waals surface area contributed by atoms with Gasteiger partial charge in [0.15, 0.2) is 12.2 Å². The molecule has 8 heterocycles. The number of phenols is 1. The molecule has 1 unspecified atom stereocenters. The molecule has 101 heavy (non-hydrogen) atoms. The Bertz CT molecular complexity index is 3570. The Morgan fingerprint density at radius 2 is 0.822 bits per heavy atom. The number of carbonyl (C=O) groups is 6. The number of urea groups is 2. The standard InChI is InChI=1S/C42H53N5O6.C35H47N5O6.CH4.H3P/c1-30-26-33(27-31(2)39(30)52-29-32-8-4-3-5-9-32)28-38(40(48)45-17-13-35(14-18-45)44-22-24-51-25-23-44)53-42(50)46-19-15-36(16-20-46)47-21-12-34-10-6-7-11-37(34)43-41(47)49;1-24-21-26(22-25(2)32(24)41)23-31(33(42)38-12-8-28(9-13-38)37-17-19-45-20-18-37)46-35(44)39-14-10-29(11-15-39)40-16-7-27-5-3-4-6-30(27)36-34(40)43;;/h3-11,26-27,35-36,38H,12-25,28-29H2,1-2H3,(H,43,49);3-6,21-22,28-29,31,41H,7-20,23H2,1-2H3,(H,36,43);1H4;1H3/t38-;31-;;/m11../s1. The number of benzene rings is 5. The van der Waals surface area contributed by atoms with Crippen LogP contribution in [0.3, 0.4) is 0 Å². The molecule has 3 atom stereocenters. The first kappa shape index (κ1) is 75.6. The van der Waals surface area contributed by atoms with Crippen molar-refractivity contribution in [1.82, 2.24) is 39.2 Å². The molecule has 8 aliphatic heterocycles. The molecule has 22 nitrogen and oxygen atoms in total. The van der Waals surface area contributed by atoms with Crippen molar-refractivity contribution >= 4 is 57.3 Å². The molecule has 8 amide bonds. The molecular weight excluding hydrogens is 1300 g/mol. The van der Waals surface area contributed by atoms with Crippen molar-refractivity contribution in [2.24, 2.45) is 0 Å². The Balaban J connectivity index is 0.000000216. The van der Waals surface area contributed by atoms with Crippen molar-refractivity contribution in [2.45, 2.75) is 155 Å². The van der Waals surface area contributed by atoms with Crippen LogP contribution < -0.4 is 15.4 Å². The zero-order valence-corrected chi connectivity index (χ0v) is 60.3. The molecule has 0 aliphatic carbocycles. The van der Waals surface area contributed by atoms with E-state index in [-0.39, 0.29) is 71.9 Å². The number of ether oxygens (including phenoxy) is 5. The van der Waals surface area contributed by atoms with Gasteiger partial charge in [-0.2, -0.15) is 9.90 Å². The van der Waals surface area contributed by atoms with E-state index in [1.807, 2.05) is 144 Å². The molecule has 23 heteroatoms. The monoisotopic (exact) mass is 1410 g/mol. The van der Waals surface area contributed by atoms with Gasteiger partial charge in [0.05, 0.1) is 26.4 Å². The highest BCUT2D eigenvalue weighted by Crippen LogP contribution is 2.32. The summed E-state index contributed by atoms with van der Waals surface area (Å²) in [6.07, 6.45) is 5.30. The number of piperidine rings is 4. The maximum Gasteiger partial charge on any atom is 0.410 e. The maximum atomic E-state index is 14.2. The first-order chi connectivity index (χ1) is 48.1. The smallest absolute Gasteiger partial charge is 0.410 e. The fraction of sp³-hybridized carbons (Fsp3) is 0.538. The van der Waals surface area contributed by atoms with Crippen LogP contribution in [0, 0.1) is 27.7 Å². The Hall–Kier alpha value is -8.01. The van der Waals surface area contributed by atoms with E-state index in [1.54, 1.807) is 9.80 Å². The number of rotatable bonds is 15. The van der Waals surface area contributed by atoms with Crippen LogP contribution in [-0.2, 0) is 60.8 Å². The number of anilines is 2. The number of hydrogen-bond donors (Lipinski definition) is 3. The van der Waals surface area contributed by atoms with Gasteiger partial charge in [0.1, 0.15) is 18.1 Å². The number of nitrogens with zero attached hydrogens (tertiary/aromatic N) is 8. The lowest BCUT2D eigenvalue weighted by atomic mass is 9.98. The summed E-state index contributed by atoms with van der Waals surface area (Å²) in [7, 11) is 0. The van der Waals surface area contributed by atoms with E-state index >= 15 is 0 Å². The predicted molar refractivity (Wildman–Crippen MR) is 395 cm³/mol. The topological polar surface area (TPSA) is 219 Å². The van der Waals surface area contributed by atoms with Crippen LogP contribution in [0.2, 0.25) is 0 Å². The predicted octanol–water partition coefficient (Wildman–Crippen LogP) is 10.4. The summed E-state index contributed by atoms with van der Waals surface area (Å²) >= 11 is 0. The summed E-state index contributed by atoms with van der Waals surface area (Å²) < 4.78 is 29.5. The number of fused-ring (bicyclic) bond motifs is 2. The van der Waals surface area contributed by atoms with Gasteiger partial charge in [-0.3, -0.25) is 19.4 Å². The Morgan fingerprint density at radius 3 is 1.23 bits per heavy atom. The van der Waals surface area contributed by atoms with Crippen LogP contribution >= 0.6 is 9.90 Å². The summed E-state index contributed by atoms with van der Waals surface area (Å²) in [6, 6.07) is 34.4. The number of morpholine rings is 2. The second-order valence-corrected chi connectivity index (χ2v) is 28.0. The van der Waals surface area contributed by atoms with Crippen LogP contribution in [0.4, 0.5) is 30.6 Å². The van der Waals surface area contributed by atoms with Crippen molar-refractivity contribution in [3.8, 4) is 11.5 Å². The van der Waals surface area contributed by atoms with Gasteiger partial charge in [-0.05, 0) is 154 Å². The van der Waals surface area contributed by atoms with Gasteiger partial charge in [-0.1, -0.05) is 98.4 Å². The number of carbonyl (C=O) groups excluding carboxylic acids is 6. The third-order valence-corrected chi connectivity index (χ3v) is 21.5. The van der Waals surface area contributed by atoms with Crippen molar-refractivity contribution in [2.75, 3.05) is 129 Å². The fourth-order valence-electron chi connectivity index (χ4n) is 15.8. The van der Waals surface area contributed by atoms with Gasteiger partial charge in [0, 0.05) is 140 Å². The van der Waals surface area contributed by atoms with E-state index in [9.17, 15) is 33.9 Å². The minimum Gasteiger partial charge on any atom is -0.507 e. The minimum absolute atomic E-state index is 0. The number of aryl methyl sites for hydroxylation is 4. The van der Waals surface area contributed by atoms with Gasteiger partial charge in [0.2, 0.25) is 0 Å². The second-order valence-electron chi connectivity index (χ2n) is 28.0. The number of para-hydroxylation sites is 2. The highest BCUT2D eigenvalue weighted by molar-refractivity contribution is 6.92. The number of likely N-dealkylation sites (tertiary alicyclic amines) is 4. The highest BCUT2D eigenvalue weighted by atomic mass is 31.0. The average Bonchev–Trinajstić information content (AvgIpc) is 1.72. The number of hydrogen-bond acceptors (Lipinski definition) is 14. The van der Waals surface area contributed by atoms with Gasteiger partial charge < -0.3 is 68.8 Å². The summed E-state index contributed by atoms with van der Waals surface area (Å²) in [5, 5.41) is 16.4. The van der Waals surface area contributed by atoms with Crippen LogP contribution in [-0.4, -0.2) is 235 Å². The molecule has 0 aromatic heterocycles.